The maximum absolute atomic E-state index is 6.64. The fraction of sp³-hybridized carbons (Fsp3) is 0.647. The highest BCUT2D eigenvalue weighted by Crippen LogP contribution is 2.40. The molecule has 0 aromatic heterocycles. The molecule has 1 saturated heterocycles. The lowest BCUT2D eigenvalue weighted by Gasteiger charge is -2.43. The second-order valence-corrected chi connectivity index (χ2v) is 10.4. The summed E-state index contributed by atoms with van der Waals surface area (Å²) in [4.78, 5) is 0. The molecular weight excluding hydrogens is 280 g/mol. The molecule has 1 aromatic rings. The molecule has 1 aliphatic heterocycles. The van der Waals surface area contributed by atoms with Gasteiger partial charge in [-0.1, -0.05) is 25.2 Å². The van der Waals surface area contributed by atoms with Crippen molar-refractivity contribution in [2.24, 2.45) is 0 Å². The maximum Gasteiger partial charge on any atom is 0.118 e. The van der Waals surface area contributed by atoms with E-state index in [1.54, 1.807) is 7.11 Å². The highest BCUT2D eigenvalue weighted by Gasteiger charge is 2.45. The van der Waals surface area contributed by atoms with Crippen LogP contribution in [0.5, 0.6) is 5.75 Å². The third kappa shape index (κ3) is 4.08. The Labute approximate surface area is 130 Å². The van der Waals surface area contributed by atoms with Crippen molar-refractivity contribution >= 4 is 8.80 Å². The van der Waals surface area contributed by atoms with Crippen LogP contribution in [0.4, 0.5) is 0 Å². The second kappa shape index (κ2) is 6.11. The first-order valence-corrected chi connectivity index (χ1v) is 10.6. The van der Waals surface area contributed by atoms with Crippen LogP contribution in [0, 0.1) is 0 Å². The van der Waals surface area contributed by atoms with Crippen LogP contribution in [0.2, 0.25) is 13.1 Å². The molecule has 0 aliphatic carbocycles. The Morgan fingerprint density at radius 2 is 1.76 bits per heavy atom. The molecule has 1 fully saturated rings. The molecule has 0 radical (unpaired) electrons. The number of hydrogen-bond acceptors (Lipinski definition) is 3. The molecule has 0 spiro atoms. The molecule has 0 N–H and O–H groups in total. The lowest BCUT2D eigenvalue weighted by molar-refractivity contribution is -0.0996. The lowest BCUT2D eigenvalue weighted by Crippen LogP contribution is -2.48. The zero-order valence-corrected chi connectivity index (χ0v) is 15.3. The Kier molecular flexibility index (Phi) is 4.81. The van der Waals surface area contributed by atoms with Crippen LogP contribution in [-0.4, -0.2) is 34.2 Å². The third-order valence-electron chi connectivity index (χ3n) is 3.93. The van der Waals surface area contributed by atoms with Gasteiger partial charge in [-0.3, -0.25) is 0 Å². The maximum atomic E-state index is 6.64. The monoisotopic (exact) mass is 308 g/mol. The van der Waals surface area contributed by atoms with Crippen LogP contribution in [0.25, 0.3) is 0 Å². The summed E-state index contributed by atoms with van der Waals surface area (Å²) in [7, 11) is 0.566. The van der Waals surface area contributed by atoms with E-state index in [0.29, 0.717) is 6.10 Å². The Bertz CT molecular complexity index is 460. The van der Waals surface area contributed by atoms with Gasteiger partial charge >= 0.3 is 0 Å². The normalized spacial score (nSPS) is 21.2. The van der Waals surface area contributed by atoms with E-state index >= 15 is 0 Å². The van der Waals surface area contributed by atoms with Gasteiger partial charge in [0.25, 0.3) is 0 Å². The minimum absolute atomic E-state index is 0.175. The van der Waals surface area contributed by atoms with E-state index in [2.05, 4.69) is 46.0 Å². The summed E-state index contributed by atoms with van der Waals surface area (Å²) in [5, 5.41) is -0.189. The lowest BCUT2D eigenvalue weighted by atomic mass is 10.0. The fourth-order valence-corrected chi connectivity index (χ4v) is 5.03. The predicted molar refractivity (Wildman–Crippen MR) is 88.7 cm³/mol. The van der Waals surface area contributed by atoms with Crippen molar-refractivity contribution in [1.82, 2.24) is 0 Å². The molecule has 0 amide bonds. The topological polar surface area (TPSA) is 31.0 Å². The fourth-order valence-electron chi connectivity index (χ4n) is 2.85. The Balaban J connectivity index is 2.39. The van der Waals surface area contributed by atoms with Gasteiger partial charge in [0.1, 0.15) is 5.75 Å². The molecule has 118 valence electrons. The van der Waals surface area contributed by atoms with Crippen LogP contribution in [0.3, 0.4) is 0 Å². The molecule has 2 unspecified atom stereocenters. The smallest absolute Gasteiger partial charge is 0.118 e. The van der Waals surface area contributed by atoms with Gasteiger partial charge in [-0.15, -0.1) is 0 Å². The first kappa shape index (κ1) is 16.5. The summed E-state index contributed by atoms with van der Waals surface area (Å²) >= 11 is 0. The summed E-state index contributed by atoms with van der Waals surface area (Å²) in [5.74, 6) is 0.886. The summed E-state index contributed by atoms with van der Waals surface area (Å²) in [6.07, 6.45) is 1.31. The van der Waals surface area contributed by atoms with Gasteiger partial charge < -0.3 is 14.2 Å². The van der Waals surface area contributed by atoms with Crippen molar-refractivity contribution in [3.63, 3.8) is 0 Å². The largest absolute Gasteiger partial charge is 0.497 e. The Morgan fingerprint density at radius 1 is 1.19 bits per heavy atom. The highest BCUT2D eigenvalue weighted by atomic mass is 28.3. The standard InChI is InChI=1S/C17H28O3Si/c1-16(2,3)20-17(21(5)6,11-15-12-19-15)13-7-9-14(18-4)10-8-13/h7-10,15,21H,11-12H2,1-6H3. The number of epoxide rings is 1. The van der Waals surface area contributed by atoms with Gasteiger partial charge in [-0.2, -0.15) is 0 Å². The molecule has 2 rings (SSSR count). The molecule has 1 heterocycles. The summed E-state index contributed by atoms with van der Waals surface area (Å²) in [6.45, 7) is 12.0. The van der Waals surface area contributed by atoms with Gasteiger partial charge in [0.2, 0.25) is 0 Å². The molecular formula is C17H28O3Si. The molecule has 0 bridgehead atoms. The van der Waals surface area contributed by atoms with E-state index in [0.717, 1.165) is 18.8 Å². The predicted octanol–water partition coefficient (Wildman–Crippen LogP) is 3.52. The molecule has 0 saturated carbocycles. The minimum Gasteiger partial charge on any atom is -0.497 e. The molecule has 2 atom stereocenters. The van der Waals surface area contributed by atoms with E-state index < -0.39 is 8.80 Å². The minimum atomic E-state index is -1.13. The van der Waals surface area contributed by atoms with E-state index in [-0.39, 0.29) is 10.8 Å². The average Bonchev–Trinajstić information content (AvgIpc) is 3.20. The zero-order chi connectivity index (χ0) is 15.7. The number of rotatable bonds is 6. The second-order valence-electron chi connectivity index (χ2n) is 7.15. The van der Waals surface area contributed by atoms with E-state index in [9.17, 15) is 0 Å². The van der Waals surface area contributed by atoms with Crippen molar-refractivity contribution in [1.29, 1.82) is 0 Å². The van der Waals surface area contributed by atoms with Crippen molar-refractivity contribution in [2.45, 2.75) is 57.2 Å². The van der Waals surface area contributed by atoms with Crippen molar-refractivity contribution < 1.29 is 14.2 Å². The van der Waals surface area contributed by atoms with Gasteiger partial charge in [-0.05, 0) is 38.5 Å². The van der Waals surface area contributed by atoms with Crippen molar-refractivity contribution in [3.05, 3.63) is 29.8 Å². The van der Waals surface area contributed by atoms with Crippen LogP contribution >= 0.6 is 0 Å². The number of hydrogen-bond donors (Lipinski definition) is 0. The zero-order valence-electron chi connectivity index (χ0n) is 14.1. The summed E-state index contributed by atoms with van der Waals surface area (Å²) in [5.41, 5.74) is 1.09. The van der Waals surface area contributed by atoms with Crippen LogP contribution < -0.4 is 4.74 Å². The molecule has 21 heavy (non-hydrogen) atoms. The number of benzene rings is 1. The SMILES string of the molecule is COc1ccc(C(CC2CO2)(OC(C)(C)C)[SiH](C)C)cc1. The van der Waals surface area contributed by atoms with E-state index in [4.69, 9.17) is 14.2 Å². The van der Waals surface area contributed by atoms with Crippen LogP contribution in [0.1, 0.15) is 32.8 Å². The van der Waals surface area contributed by atoms with Gasteiger partial charge in [0.05, 0.1) is 39.4 Å². The third-order valence-corrected chi connectivity index (χ3v) is 6.49. The molecule has 3 nitrogen and oxygen atoms in total. The molecule has 4 heteroatoms. The number of methoxy groups -OCH3 is 1. The van der Waals surface area contributed by atoms with Gasteiger partial charge in [-0.25, -0.2) is 0 Å². The average molecular weight is 308 g/mol. The summed E-state index contributed by atoms with van der Waals surface area (Å²) in [6, 6.07) is 8.36. The van der Waals surface area contributed by atoms with Gasteiger partial charge in [0.15, 0.2) is 0 Å². The van der Waals surface area contributed by atoms with Crippen LogP contribution in [0.15, 0.2) is 24.3 Å². The van der Waals surface area contributed by atoms with E-state index in [1.807, 2.05) is 12.1 Å². The van der Waals surface area contributed by atoms with Crippen molar-refractivity contribution in [3.8, 4) is 5.75 Å². The Hall–Kier alpha value is -0.843. The first-order chi connectivity index (χ1) is 9.77. The Morgan fingerprint density at radius 3 is 2.14 bits per heavy atom. The highest BCUT2D eigenvalue weighted by molar-refractivity contribution is 6.59. The number of ether oxygens (including phenoxy) is 3. The van der Waals surface area contributed by atoms with Crippen molar-refractivity contribution in [2.75, 3.05) is 13.7 Å². The van der Waals surface area contributed by atoms with E-state index in [1.165, 1.54) is 5.56 Å². The first-order valence-electron chi connectivity index (χ1n) is 7.73. The quantitative estimate of drug-likeness (QED) is 0.595. The molecule has 1 aliphatic rings. The van der Waals surface area contributed by atoms with Gasteiger partial charge in [0, 0.05) is 6.42 Å². The summed E-state index contributed by atoms with van der Waals surface area (Å²) < 4.78 is 17.4. The molecule has 1 aromatic carbocycles. The van der Waals surface area contributed by atoms with Crippen LogP contribution in [-0.2, 0) is 14.7 Å².